The summed E-state index contributed by atoms with van der Waals surface area (Å²) in [5.74, 6) is -0.921. The van der Waals surface area contributed by atoms with Gasteiger partial charge in [-0.1, -0.05) is 61.0 Å². The summed E-state index contributed by atoms with van der Waals surface area (Å²) in [5, 5.41) is 0.688. The van der Waals surface area contributed by atoms with Crippen molar-refractivity contribution in [2.75, 3.05) is 19.6 Å². The fraction of sp³-hybridized carbons (Fsp3) is 0.323. The Kier molecular flexibility index (Phi) is 10.0. The van der Waals surface area contributed by atoms with Crippen molar-refractivity contribution >= 4 is 23.1 Å². The second-order valence-corrected chi connectivity index (χ2v) is 9.87. The Bertz CT molecular complexity index is 1210. The molecule has 1 amide bonds. The Labute approximate surface area is 223 Å². The molecule has 196 valence electrons. The summed E-state index contributed by atoms with van der Waals surface area (Å²) < 4.78 is 24.8. The smallest absolute Gasteiger partial charge is 0.254 e. The lowest BCUT2D eigenvalue weighted by Crippen LogP contribution is -2.48. The predicted octanol–water partition coefficient (Wildman–Crippen LogP) is 7.10. The molecule has 0 aromatic heterocycles. The molecule has 6 heteroatoms. The number of halogens is 3. The number of amides is 1. The molecule has 0 unspecified atom stereocenters. The lowest BCUT2D eigenvalue weighted by molar-refractivity contribution is -0.126. The van der Waals surface area contributed by atoms with Gasteiger partial charge in [0.25, 0.3) is 5.91 Å². The second-order valence-electron chi connectivity index (χ2n) is 9.44. The lowest BCUT2D eigenvalue weighted by atomic mass is 9.72. The van der Waals surface area contributed by atoms with E-state index in [1.807, 2.05) is 56.0 Å². The Morgan fingerprint density at radius 2 is 1.65 bits per heavy atom. The van der Waals surface area contributed by atoms with Gasteiger partial charge in [-0.2, -0.15) is 0 Å². The van der Waals surface area contributed by atoms with Gasteiger partial charge in [0.1, 0.15) is 11.6 Å². The largest absolute Gasteiger partial charge is 0.339 e. The fourth-order valence-electron chi connectivity index (χ4n) is 4.85. The monoisotopic (exact) mass is 524 g/mol. The first-order valence-corrected chi connectivity index (χ1v) is 13.0. The lowest BCUT2D eigenvalue weighted by Gasteiger charge is -2.42. The van der Waals surface area contributed by atoms with Gasteiger partial charge in [-0.25, -0.2) is 8.78 Å². The van der Waals surface area contributed by atoms with Crippen LogP contribution in [0.15, 0.2) is 72.8 Å². The summed E-state index contributed by atoms with van der Waals surface area (Å²) in [6, 6.07) is 19.7. The van der Waals surface area contributed by atoms with E-state index < -0.39 is 11.6 Å². The topological polar surface area (TPSA) is 46.3 Å². The minimum atomic E-state index is -0.503. The Morgan fingerprint density at radius 1 is 1.03 bits per heavy atom. The number of hydrogen-bond donors (Lipinski definition) is 1. The number of aryl methyl sites for hydroxylation is 2. The van der Waals surface area contributed by atoms with Crippen molar-refractivity contribution in [2.45, 2.75) is 45.4 Å². The van der Waals surface area contributed by atoms with E-state index in [0.717, 1.165) is 48.7 Å². The molecule has 3 aromatic carbocycles. The van der Waals surface area contributed by atoms with E-state index in [1.54, 1.807) is 0 Å². The highest BCUT2D eigenvalue weighted by molar-refractivity contribution is 6.30. The van der Waals surface area contributed by atoms with Gasteiger partial charge in [-0.3, -0.25) is 4.79 Å². The van der Waals surface area contributed by atoms with Gasteiger partial charge in [0.15, 0.2) is 0 Å². The first kappa shape index (κ1) is 28.5. The van der Waals surface area contributed by atoms with Crippen LogP contribution < -0.4 is 5.73 Å². The SMILES string of the molecule is C/C=C(/C(=O)N1CCC(CN)(c2ccccc2)CC1)c1ccc(Cl)cc1C.CCc1cc(F)cc(F)c1. The average molecular weight is 525 g/mol. The molecule has 1 saturated heterocycles. The van der Waals surface area contributed by atoms with Crippen LogP contribution in [0.5, 0.6) is 0 Å². The summed E-state index contributed by atoms with van der Waals surface area (Å²) in [5.41, 5.74) is 10.8. The maximum Gasteiger partial charge on any atom is 0.254 e. The maximum atomic E-state index is 13.2. The summed E-state index contributed by atoms with van der Waals surface area (Å²) >= 11 is 6.07. The van der Waals surface area contributed by atoms with Gasteiger partial charge in [-0.15, -0.1) is 0 Å². The molecular weight excluding hydrogens is 490 g/mol. The number of carbonyl (C=O) groups excluding carboxylic acids is 1. The summed E-state index contributed by atoms with van der Waals surface area (Å²) in [6.45, 7) is 7.80. The van der Waals surface area contributed by atoms with Gasteiger partial charge in [-0.05, 0) is 79.6 Å². The molecule has 0 bridgehead atoms. The summed E-state index contributed by atoms with van der Waals surface area (Å²) in [4.78, 5) is 15.2. The van der Waals surface area contributed by atoms with Crippen LogP contribution in [0.1, 0.15) is 48.9 Å². The molecule has 1 aliphatic heterocycles. The number of piperidine rings is 1. The minimum Gasteiger partial charge on any atom is -0.339 e. The fourth-order valence-corrected chi connectivity index (χ4v) is 5.08. The molecule has 3 nitrogen and oxygen atoms in total. The van der Waals surface area contributed by atoms with Crippen molar-refractivity contribution in [1.29, 1.82) is 0 Å². The molecule has 0 spiro atoms. The zero-order valence-corrected chi connectivity index (χ0v) is 22.5. The molecule has 0 saturated carbocycles. The normalized spacial score (nSPS) is 15.1. The van der Waals surface area contributed by atoms with E-state index in [-0.39, 0.29) is 11.3 Å². The first-order valence-electron chi connectivity index (χ1n) is 12.7. The number of likely N-dealkylation sites (tertiary alicyclic amines) is 1. The van der Waals surface area contributed by atoms with Crippen molar-refractivity contribution in [3.8, 4) is 0 Å². The van der Waals surface area contributed by atoms with Crippen LogP contribution in [0.25, 0.3) is 5.57 Å². The first-order chi connectivity index (χ1) is 17.7. The van der Waals surface area contributed by atoms with Crippen molar-refractivity contribution in [3.05, 3.63) is 112 Å². The predicted molar refractivity (Wildman–Crippen MR) is 149 cm³/mol. The number of carbonyl (C=O) groups is 1. The third-order valence-electron chi connectivity index (χ3n) is 7.11. The molecule has 1 fully saturated rings. The van der Waals surface area contributed by atoms with Crippen molar-refractivity contribution < 1.29 is 13.6 Å². The van der Waals surface area contributed by atoms with Crippen molar-refractivity contribution in [3.63, 3.8) is 0 Å². The molecular formula is C31H35ClF2N2O. The highest BCUT2D eigenvalue weighted by Crippen LogP contribution is 2.35. The number of nitrogens with zero attached hydrogens (tertiary/aromatic N) is 1. The van der Waals surface area contributed by atoms with Crippen LogP contribution in [-0.2, 0) is 16.6 Å². The van der Waals surface area contributed by atoms with E-state index in [2.05, 4.69) is 24.3 Å². The van der Waals surface area contributed by atoms with E-state index >= 15 is 0 Å². The highest BCUT2D eigenvalue weighted by atomic mass is 35.5. The third kappa shape index (κ3) is 7.06. The molecule has 4 rings (SSSR count). The van der Waals surface area contributed by atoms with Crippen molar-refractivity contribution in [1.82, 2.24) is 4.90 Å². The van der Waals surface area contributed by atoms with E-state index in [1.165, 1.54) is 17.7 Å². The van der Waals surface area contributed by atoms with Crippen LogP contribution in [0.2, 0.25) is 5.02 Å². The summed E-state index contributed by atoms with van der Waals surface area (Å²) in [6.07, 6.45) is 4.33. The quantitative estimate of drug-likeness (QED) is 0.362. The van der Waals surface area contributed by atoms with Crippen LogP contribution >= 0.6 is 11.6 Å². The molecule has 0 radical (unpaired) electrons. The summed E-state index contributed by atoms with van der Waals surface area (Å²) in [7, 11) is 0. The molecule has 1 aliphatic rings. The van der Waals surface area contributed by atoms with Crippen LogP contribution in [0.4, 0.5) is 8.78 Å². The van der Waals surface area contributed by atoms with Gasteiger partial charge in [0, 0.05) is 41.7 Å². The van der Waals surface area contributed by atoms with Crippen LogP contribution in [0.3, 0.4) is 0 Å². The third-order valence-corrected chi connectivity index (χ3v) is 7.35. The van der Waals surface area contributed by atoms with Gasteiger partial charge >= 0.3 is 0 Å². The van der Waals surface area contributed by atoms with Crippen LogP contribution in [0, 0.1) is 18.6 Å². The van der Waals surface area contributed by atoms with E-state index in [0.29, 0.717) is 23.6 Å². The zero-order valence-electron chi connectivity index (χ0n) is 21.7. The van der Waals surface area contributed by atoms with Gasteiger partial charge in [0.2, 0.25) is 0 Å². The Hall–Kier alpha value is -3.02. The minimum absolute atomic E-state index is 0.0374. The molecule has 0 atom stereocenters. The number of hydrogen-bond acceptors (Lipinski definition) is 2. The average Bonchev–Trinajstić information content (AvgIpc) is 2.90. The molecule has 37 heavy (non-hydrogen) atoms. The van der Waals surface area contributed by atoms with E-state index in [9.17, 15) is 13.6 Å². The Balaban J connectivity index is 0.000000319. The number of benzene rings is 3. The van der Waals surface area contributed by atoms with Crippen LogP contribution in [-0.4, -0.2) is 30.4 Å². The molecule has 3 aromatic rings. The Morgan fingerprint density at radius 3 is 2.16 bits per heavy atom. The molecule has 2 N–H and O–H groups in total. The maximum absolute atomic E-state index is 13.2. The molecule has 0 aliphatic carbocycles. The van der Waals surface area contributed by atoms with Gasteiger partial charge < -0.3 is 10.6 Å². The molecule has 1 heterocycles. The number of rotatable bonds is 5. The standard InChI is InChI=1S/C23H27ClN2O.C8H8F2/c1-3-20(21-10-9-19(24)15-17(21)2)22(27)26-13-11-23(16-25,12-14-26)18-7-5-4-6-8-18;1-2-6-3-7(9)5-8(10)4-6/h3-10,15H,11-14,16,25H2,1-2H3;3-5H,2H2,1H3/b20-3+;. The van der Waals surface area contributed by atoms with Gasteiger partial charge in [0.05, 0.1) is 0 Å². The number of allylic oxidation sites excluding steroid dienone is 1. The zero-order chi connectivity index (χ0) is 27.0. The highest BCUT2D eigenvalue weighted by Gasteiger charge is 2.36. The number of nitrogens with two attached hydrogens (primary N) is 1. The van der Waals surface area contributed by atoms with Crippen molar-refractivity contribution in [2.24, 2.45) is 5.73 Å². The second kappa shape index (κ2) is 13.0. The van der Waals surface area contributed by atoms with E-state index in [4.69, 9.17) is 17.3 Å².